The Morgan fingerprint density at radius 1 is 1.38 bits per heavy atom. The standard InChI is InChI=1S/C16H17N5O5/c1-21-11(18-19-16(21)24)7-8-17-14-12(15(22)23)13(26-20-14)9-3-5-10(25-2)6-4-9/h3-6H,7-8H2,1-2H3,(H,17,20)(H,19,24)(H,22,23). The molecule has 0 aliphatic heterocycles. The van der Waals surface area contributed by atoms with Crippen LogP contribution in [0.1, 0.15) is 16.2 Å². The van der Waals surface area contributed by atoms with Gasteiger partial charge in [0.15, 0.2) is 17.1 Å². The summed E-state index contributed by atoms with van der Waals surface area (Å²) in [4.78, 5) is 23.0. The van der Waals surface area contributed by atoms with Gasteiger partial charge in [-0.05, 0) is 24.3 Å². The zero-order valence-electron chi connectivity index (χ0n) is 14.1. The summed E-state index contributed by atoms with van der Waals surface area (Å²) < 4.78 is 11.7. The van der Waals surface area contributed by atoms with Gasteiger partial charge < -0.3 is 19.7 Å². The number of carbonyl (C=O) groups is 1. The third kappa shape index (κ3) is 3.29. The van der Waals surface area contributed by atoms with Crippen molar-refractivity contribution in [3.63, 3.8) is 0 Å². The molecular weight excluding hydrogens is 342 g/mol. The molecule has 3 aromatic rings. The van der Waals surface area contributed by atoms with E-state index in [-0.39, 0.29) is 22.8 Å². The van der Waals surface area contributed by atoms with Crippen molar-refractivity contribution >= 4 is 11.8 Å². The SMILES string of the molecule is COc1ccc(-c2onc(NCCc3n[nH]c(=O)n3C)c2C(=O)O)cc1. The first kappa shape index (κ1) is 17.3. The number of methoxy groups -OCH3 is 1. The largest absolute Gasteiger partial charge is 0.497 e. The minimum atomic E-state index is -1.16. The molecular formula is C16H17N5O5. The van der Waals surface area contributed by atoms with Crippen LogP contribution < -0.4 is 15.7 Å². The lowest BCUT2D eigenvalue weighted by Crippen LogP contribution is -2.17. The molecule has 0 spiro atoms. The Morgan fingerprint density at radius 2 is 2.12 bits per heavy atom. The first-order valence-electron chi connectivity index (χ1n) is 7.72. The zero-order chi connectivity index (χ0) is 18.7. The summed E-state index contributed by atoms with van der Waals surface area (Å²) in [6, 6.07) is 6.79. The molecule has 0 fully saturated rings. The van der Waals surface area contributed by atoms with Crippen molar-refractivity contribution in [2.45, 2.75) is 6.42 Å². The molecule has 0 radical (unpaired) electrons. The van der Waals surface area contributed by atoms with Crippen molar-refractivity contribution in [1.29, 1.82) is 0 Å². The van der Waals surface area contributed by atoms with E-state index in [1.807, 2.05) is 0 Å². The van der Waals surface area contributed by atoms with E-state index in [1.165, 1.54) is 4.57 Å². The number of nitrogens with zero attached hydrogens (tertiary/aromatic N) is 3. The van der Waals surface area contributed by atoms with Crippen molar-refractivity contribution in [2.75, 3.05) is 19.0 Å². The van der Waals surface area contributed by atoms with Crippen molar-refractivity contribution in [3.8, 4) is 17.1 Å². The van der Waals surface area contributed by atoms with Gasteiger partial charge in [-0.25, -0.2) is 14.7 Å². The minimum Gasteiger partial charge on any atom is -0.497 e. The van der Waals surface area contributed by atoms with Crippen molar-refractivity contribution < 1.29 is 19.2 Å². The number of benzene rings is 1. The van der Waals surface area contributed by atoms with Crippen molar-refractivity contribution in [1.82, 2.24) is 19.9 Å². The van der Waals surface area contributed by atoms with E-state index in [9.17, 15) is 14.7 Å². The predicted molar refractivity (Wildman–Crippen MR) is 91.5 cm³/mol. The molecule has 10 nitrogen and oxygen atoms in total. The van der Waals surface area contributed by atoms with Crippen LogP contribution >= 0.6 is 0 Å². The summed E-state index contributed by atoms with van der Waals surface area (Å²) in [5, 5.41) is 22.5. The summed E-state index contributed by atoms with van der Waals surface area (Å²) in [7, 11) is 3.14. The van der Waals surface area contributed by atoms with E-state index in [4.69, 9.17) is 9.26 Å². The van der Waals surface area contributed by atoms with Crippen LogP contribution in [0.25, 0.3) is 11.3 Å². The van der Waals surface area contributed by atoms with Gasteiger partial charge in [0, 0.05) is 25.6 Å². The third-order valence-corrected chi connectivity index (χ3v) is 3.87. The number of aromatic carboxylic acids is 1. The van der Waals surface area contributed by atoms with Crippen molar-refractivity contribution in [3.05, 3.63) is 46.1 Å². The number of rotatable bonds is 7. The highest BCUT2D eigenvalue weighted by Crippen LogP contribution is 2.30. The maximum atomic E-state index is 11.7. The molecule has 0 saturated heterocycles. The number of H-pyrrole nitrogens is 1. The smallest absolute Gasteiger partial charge is 0.343 e. The first-order chi connectivity index (χ1) is 12.5. The van der Waals surface area contributed by atoms with Crippen LogP contribution in [0.2, 0.25) is 0 Å². The van der Waals surface area contributed by atoms with Crippen LogP contribution in [-0.4, -0.2) is 44.7 Å². The Balaban J connectivity index is 1.79. The molecule has 0 aliphatic carbocycles. The number of anilines is 1. The lowest BCUT2D eigenvalue weighted by atomic mass is 10.1. The molecule has 2 aromatic heterocycles. The van der Waals surface area contributed by atoms with E-state index in [0.29, 0.717) is 30.1 Å². The van der Waals surface area contributed by atoms with Gasteiger partial charge in [-0.15, -0.1) is 0 Å². The highest BCUT2D eigenvalue weighted by Gasteiger charge is 2.23. The molecule has 3 rings (SSSR count). The van der Waals surface area contributed by atoms with Crippen LogP contribution in [-0.2, 0) is 13.5 Å². The van der Waals surface area contributed by atoms with Gasteiger partial charge >= 0.3 is 11.7 Å². The molecule has 0 aliphatic rings. The predicted octanol–water partition coefficient (Wildman–Crippen LogP) is 1.12. The second kappa shape index (κ2) is 7.13. The van der Waals surface area contributed by atoms with Crippen LogP contribution in [0.3, 0.4) is 0 Å². The summed E-state index contributed by atoms with van der Waals surface area (Å²) in [5.74, 6) is 0.289. The van der Waals surface area contributed by atoms with Gasteiger partial charge in [-0.3, -0.25) is 4.57 Å². The second-order valence-electron chi connectivity index (χ2n) is 5.45. The van der Waals surface area contributed by atoms with E-state index in [1.54, 1.807) is 38.4 Å². The van der Waals surface area contributed by atoms with E-state index >= 15 is 0 Å². The van der Waals surface area contributed by atoms with Gasteiger partial charge in [-0.2, -0.15) is 5.10 Å². The van der Waals surface area contributed by atoms with Gasteiger partial charge in [0.2, 0.25) is 0 Å². The fraction of sp³-hybridized carbons (Fsp3) is 0.250. The van der Waals surface area contributed by atoms with Crippen LogP contribution in [0, 0.1) is 0 Å². The van der Waals surface area contributed by atoms with Gasteiger partial charge in [-0.1, -0.05) is 5.16 Å². The summed E-state index contributed by atoms with van der Waals surface area (Å²) in [5.41, 5.74) is 0.194. The Hall–Kier alpha value is -3.56. The zero-order valence-corrected chi connectivity index (χ0v) is 14.1. The lowest BCUT2D eigenvalue weighted by Gasteiger charge is -2.04. The topological polar surface area (TPSA) is 135 Å². The molecule has 0 amide bonds. The lowest BCUT2D eigenvalue weighted by molar-refractivity contribution is 0.0698. The second-order valence-corrected chi connectivity index (χ2v) is 5.45. The average Bonchev–Trinajstić information content (AvgIpc) is 3.20. The number of nitrogens with one attached hydrogen (secondary N) is 2. The number of aromatic amines is 1. The fourth-order valence-electron chi connectivity index (χ4n) is 2.44. The highest BCUT2D eigenvalue weighted by molar-refractivity contribution is 5.99. The number of aromatic nitrogens is 4. The summed E-state index contributed by atoms with van der Waals surface area (Å²) in [6.45, 7) is 0.326. The summed E-state index contributed by atoms with van der Waals surface area (Å²) in [6.07, 6.45) is 0.402. The normalized spacial score (nSPS) is 10.7. The number of carboxylic acids is 1. The maximum Gasteiger partial charge on any atom is 0.343 e. The first-order valence-corrected chi connectivity index (χ1v) is 7.72. The molecule has 2 heterocycles. The summed E-state index contributed by atoms with van der Waals surface area (Å²) >= 11 is 0. The van der Waals surface area contributed by atoms with Crippen molar-refractivity contribution in [2.24, 2.45) is 7.05 Å². The quantitative estimate of drug-likeness (QED) is 0.571. The third-order valence-electron chi connectivity index (χ3n) is 3.87. The monoisotopic (exact) mass is 359 g/mol. The maximum absolute atomic E-state index is 11.7. The Labute approximate surface area is 147 Å². The van der Waals surface area contributed by atoms with E-state index < -0.39 is 5.97 Å². The number of hydrogen-bond acceptors (Lipinski definition) is 7. The minimum absolute atomic E-state index is 0.0638. The molecule has 136 valence electrons. The Morgan fingerprint density at radius 3 is 2.69 bits per heavy atom. The van der Waals surface area contributed by atoms with Gasteiger partial charge in [0.05, 0.1) is 7.11 Å². The van der Waals surface area contributed by atoms with Crippen LogP contribution in [0.5, 0.6) is 5.75 Å². The molecule has 0 bridgehead atoms. The number of ether oxygens (including phenoxy) is 1. The molecule has 10 heteroatoms. The molecule has 1 aromatic carbocycles. The Kier molecular flexibility index (Phi) is 4.74. The fourth-order valence-corrected chi connectivity index (χ4v) is 2.44. The molecule has 0 unspecified atom stereocenters. The van der Waals surface area contributed by atoms with Crippen LogP contribution in [0.15, 0.2) is 33.6 Å². The molecule has 3 N–H and O–H groups in total. The Bertz CT molecular complexity index is 970. The number of hydrogen-bond donors (Lipinski definition) is 3. The van der Waals surface area contributed by atoms with E-state index in [0.717, 1.165) is 0 Å². The molecule has 26 heavy (non-hydrogen) atoms. The molecule has 0 saturated carbocycles. The van der Waals surface area contributed by atoms with E-state index in [2.05, 4.69) is 20.7 Å². The van der Waals surface area contributed by atoms with Gasteiger partial charge in [0.1, 0.15) is 11.6 Å². The van der Waals surface area contributed by atoms with Gasteiger partial charge in [0.25, 0.3) is 0 Å². The molecule has 0 atom stereocenters. The average molecular weight is 359 g/mol. The number of carboxylic acid groups (broad SMARTS) is 1. The highest BCUT2D eigenvalue weighted by atomic mass is 16.5. The van der Waals surface area contributed by atoms with Crippen LogP contribution in [0.4, 0.5) is 5.82 Å².